The van der Waals surface area contributed by atoms with Crippen LogP contribution in [0.1, 0.15) is 58.7 Å². The van der Waals surface area contributed by atoms with Crippen LogP contribution < -0.4 is 17.0 Å². The van der Waals surface area contributed by atoms with Crippen molar-refractivity contribution in [2.75, 3.05) is 0 Å². The number of carbonyl (C=O) groups excluding carboxylic acids is 1. The first-order valence-corrected chi connectivity index (χ1v) is 13.7. The fraction of sp³-hybridized carbons (Fsp3) is 0.281. The number of fused-ring (bicyclic) bond motifs is 3. The molecule has 1 atom stereocenters. The normalized spacial score (nSPS) is 18.0. The van der Waals surface area contributed by atoms with Crippen LogP contribution in [-0.4, -0.2) is 25.7 Å². The van der Waals surface area contributed by atoms with Crippen molar-refractivity contribution in [3.8, 4) is 16.8 Å². The molecule has 0 unspecified atom stereocenters. The van der Waals surface area contributed by atoms with Crippen molar-refractivity contribution in [2.45, 2.75) is 45.1 Å². The molecule has 3 aromatic carbocycles. The summed E-state index contributed by atoms with van der Waals surface area (Å²) in [6.45, 7) is 0.305. The third-order valence-electron chi connectivity index (χ3n) is 8.52. The number of allylic oxidation sites excluding steroid dienone is 2. The van der Waals surface area contributed by atoms with Crippen LogP contribution in [0.25, 0.3) is 33.3 Å². The Morgan fingerprint density at radius 2 is 1.88 bits per heavy atom. The van der Waals surface area contributed by atoms with Crippen LogP contribution in [0.2, 0.25) is 5.02 Å². The molecular weight excluding hydrogens is 564 g/mol. The average Bonchev–Trinajstić information content (AvgIpc) is 3.32. The van der Waals surface area contributed by atoms with Crippen molar-refractivity contribution in [1.82, 2.24) is 9.13 Å². The minimum absolute atomic E-state index is 0.0149. The standard InChI is InChI=1S/C32H28ClF2N3O4/c1-32(2,42)16-10-11-17-15(12-16)13-20-21(29(36)39)14-23(35)26(25(17)20)18-6-5-9-24(27(18)33)38-30(40)19-7-4-8-22(34)28(19)37(3)31(38)41/h4-9,14,16,42H,10-13H2,1-3H3,(H2,36,39)/t16-/m0/s1/i3D3. The lowest BCUT2D eigenvalue weighted by Gasteiger charge is -2.33. The summed E-state index contributed by atoms with van der Waals surface area (Å²) in [6.07, 6.45) is 1.94. The van der Waals surface area contributed by atoms with Crippen LogP contribution in [0.5, 0.6) is 0 Å². The number of aromatic nitrogens is 2. The largest absolute Gasteiger partial charge is 0.390 e. The molecule has 7 nitrogen and oxygen atoms in total. The van der Waals surface area contributed by atoms with Gasteiger partial charge in [0.2, 0.25) is 5.91 Å². The maximum absolute atomic E-state index is 16.1. The number of nitrogens with two attached hydrogens (primary N) is 1. The van der Waals surface area contributed by atoms with E-state index >= 15 is 4.39 Å². The van der Waals surface area contributed by atoms with E-state index in [4.69, 9.17) is 21.4 Å². The second-order valence-corrected chi connectivity index (χ2v) is 11.8. The number of amides is 1. The summed E-state index contributed by atoms with van der Waals surface area (Å²) < 4.78 is 55.5. The molecule has 0 radical (unpaired) electrons. The lowest BCUT2D eigenvalue weighted by Crippen LogP contribution is -2.38. The van der Waals surface area contributed by atoms with Gasteiger partial charge in [0.15, 0.2) is 0 Å². The van der Waals surface area contributed by atoms with Gasteiger partial charge in [-0.05, 0) is 86.4 Å². The Morgan fingerprint density at radius 1 is 1.14 bits per heavy atom. The zero-order valence-electron chi connectivity index (χ0n) is 25.7. The van der Waals surface area contributed by atoms with Crippen LogP contribution >= 0.6 is 11.6 Å². The predicted octanol–water partition coefficient (Wildman–Crippen LogP) is 5.27. The average molecular weight is 595 g/mol. The molecule has 0 saturated carbocycles. The number of aryl methyl sites for hydroxylation is 1. The fourth-order valence-corrected chi connectivity index (χ4v) is 6.73. The van der Waals surface area contributed by atoms with E-state index in [9.17, 15) is 23.9 Å². The van der Waals surface area contributed by atoms with Crippen molar-refractivity contribution in [3.05, 3.63) is 102 Å². The molecule has 0 saturated heterocycles. The molecule has 3 N–H and O–H groups in total. The highest BCUT2D eigenvalue weighted by atomic mass is 35.5. The van der Waals surface area contributed by atoms with E-state index in [-0.39, 0.29) is 43.3 Å². The number of aliphatic hydroxyl groups is 1. The number of carbonyl (C=O) groups is 1. The van der Waals surface area contributed by atoms with Gasteiger partial charge >= 0.3 is 5.69 Å². The highest BCUT2D eigenvalue weighted by Crippen LogP contribution is 2.51. The molecule has 216 valence electrons. The summed E-state index contributed by atoms with van der Waals surface area (Å²) in [5, 5.41) is 10.1. The van der Waals surface area contributed by atoms with Crippen molar-refractivity contribution >= 4 is 34.0 Å². The van der Waals surface area contributed by atoms with E-state index in [0.717, 1.165) is 23.3 Å². The number of hydrogen-bond donors (Lipinski definition) is 2. The molecule has 1 amide bonds. The molecule has 1 heterocycles. The summed E-state index contributed by atoms with van der Waals surface area (Å²) >= 11 is 6.88. The molecule has 2 aliphatic carbocycles. The molecule has 1 aromatic heterocycles. The van der Waals surface area contributed by atoms with Gasteiger partial charge in [-0.1, -0.05) is 35.4 Å². The second-order valence-electron chi connectivity index (χ2n) is 11.4. The SMILES string of the molecule is [2H]C([2H])([2H])n1c(=O)n(-c2cccc(-c3c(F)cc(C(N)=O)c4c3C3=C(C4)C[C@@H](C(C)(C)O)CC3)c2Cl)c(=O)c2cccc(F)c21. The maximum Gasteiger partial charge on any atom is 0.336 e. The summed E-state index contributed by atoms with van der Waals surface area (Å²) in [6, 6.07) is 8.62. The zero-order valence-corrected chi connectivity index (χ0v) is 23.5. The van der Waals surface area contributed by atoms with E-state index in [1.807, 2.05) is 0 Å². The first-order chi connectivity index (χ1) is 21.0. The third-order valence-corrected chi connectivity index (χ3v) is 8.92. The zero-order chi connectivity index (χ0) is 32.7. The molecule has 2 aliphatic rings. The van der Waals surface area contributed by atoms with Crippen LogP contribution in [-0.2, 0) is 13.4 Å². The van der Waals surface area contributed by atoms with Crippen molar-refractivity contribution in [3.63, 3.8) is 0 Å². The van der Waals surface area contributed by atoms with Gasteiger partial charge in [-0.2, -0.15) is 0 Å². The summed E-state index contributed by atoms with van der Waals surface area (Å²) in [4.78, 5) is 39.7. The Morgan fingerprint density at radius 3 is 2.57 bits per heavy atom. The topological polar surface area (TPSA) is 107 Å². The monoisotopic (exact) mass is 594 g/mol. The Hall–Kier alpha value is -4.08. The fourth-order valence-electron chi connectivity index (χ4n) is 6.42. The van der Waals surface area contributed by atoms with Gasteiger partial charge in [0, 0.05) is 27.8 Å². The number of para-hydroxylation sites is 1. The first-order valence-electron chi connectivity index (χ1n) is 14.9. The van der Waals surface area contributed by atoms with E-state index in [1.54, 1.807) is 13.8 Å². The summed E-state index contributed by atoms with van der Waals surface area (Å²) in [5.74, 6) is -2.75. The molecule has 10 heteroatoms. The quantitative estimate of drug-likeness (QED) is 0.336. The maximum atomic E-state index is 16.1. The van der Waals surface area contributed by atoms with Gasteiger partial charge in [0.25, 0.3) is 5.56 Å². The Bertz CT molecular complexity index is 2110. The molecular formula is C32H28ClF2N3O4. The summed E-state index contributed by atoms with van der Waals surface area (Å²) in [7, 11) is 0. The number of halogens is 3. The van der Waals surface area contributed by atoms with Crippen molar-refractivity contribution in [2.24, 2.45) is 18.6 Å². The van der Waals surface area contributed by atoms with Gasteiger partial charge in [-0.3, -0.25) is 14.2 Å². The lowest BCUT2D eigenvalue weighted by atomic mass is 9.75. The van der Waals surface area contributed by atoms with E-state index < -0.39 is 46.9 Å². The number of primary amides is 1. The van der Waals surface area contributed by atoms with E-state index in [1.165, 1.54) is 30.3 Å². The van der Waals surface area contributed by atoms with E-state index in [2.05, 4.69) is 0 Å². The van der Waals surface area contributed by atoms with Gasteiger partial charge < -0.3 is 10.8 Å². The molecule has 42 heavy (non-hydrogen) atoms. The predicted molar refractivity (Wildman–Crippen MR) is 158 cm³/mol. The molecule has 6 rings (SSSR count). The van der Waals surface area contributed by atoms with Crippen LogP contribution in [0.15, 0.2) is 57.6 Å². The lowest BCUT2D eigenvalue weighted by molar-refractivity contribution is 0.0123. The number of hydrogen-bond acceptors (Lipinski definition) is 4. The van der Waals surface area contributed by atoms with E-state index in [0.29, 0.717) is 41.4 Å². The van der Waals surface area contributed by atoms with Gasteiger partial charge in [-0.25, -0.2) is 18.1 Å². The minimum atomic E-state index is -3.17. The number of rotatable bonds is 4. The summed E-state index contributed by atoms with van der Waals surface area (Å²) in [5.41, 5.74) is 4.27. The molecule has 0 aliphatic heterocycles. The highest BCUT2D eigenvalue weighted by molar-refractivity contribution is 6.35. The molecule has 0 spiro atoms. The Balaban J connectivity index is 1.64. The van der Waals surface area contributed by atoms with Crippen molar-refractivity contribution in [1.29, 1.82) is 0 Å². The Kier molecular flexibility index (Phi) is 5.69. The highest BCUT2D eigenvalue weighted by Gasteiger charge is 2.38. The molecule has 4 aromatic rings. The first kappa shape index (κ1) is 24.5. The van der Waals surface area contributed by atoms with Gasteiger partial charge in [0.05, 0.1) is 27.2 Å². The van der Waals surface area contributed by atoms with Gasteiger partial charge in [0.1, 0.15) is 11.6 Å². The minimum Gasteiger partial charge on any atom is -0.390 e. The number of benzene rings is 3. The third kappa shape index (κ3) is 4.14. The molecule has 0 fully saturated rings. The van der Waals surface area contributed by atoms with Crippen LogP contribution in [0, 0.1) is 17.6 Å². The number of nitrogens with zero attached hydrogens (tertiary/aromatic N) is 2. The smallest absolute Gasteiger partial charge is 0.336 e. The second kappa shape index (κ2) is 9.74. The van der Waals surface area contributed by atoms with Gasteiger partial charge in [-0.15, -0.1) is 0 Å². The van der Waals surface area contributed by atoms with Crippen LogP contribution in [0.3, 0.4) is 0 Å². The Labute approximate surface area is 248 Å². The van der Waals surface area contributed by atoms with Crippen molar-refractivity contribution < 1.29 is 22.8 Å². The van der Waals surface area contributed by atoms with Crippen LogP contribution in [0.4, 0.5) is 8.78 Å². The molecule has 0 bridgehead atoms.